The van der Waals surface area contributed by atoms with E-state index in [2.05, 4.69) is 39.6 Å². The fourth-order valence-electron chi connectivity index (χ4n) is 6.21. The molecule has 3 aromatic rings. The van der Waals surface area contributed by atoms with Gasteiger partial charge in [0.25, 0.3) is 0 Å². The molecule has 38 heavy (non-hydrogen) atoms. The van der Waals surface area contributed by atoms with Gasteiger partial charge in [0.2, 0.25) is 5.88 Å². The van der Waals surface area contributed by atoms with Gasteiger partial charge in [-0.05, 0) is 64.2 Å². The summed E-state index contributed by atoms with van der Waals surface area (Å²) < 4.78 is 49.0. The van der Waals surface area contributed by atoms with E-state index in [1.54, 1.807) is 6.07 Å². The van der Waals surface area contributed by atoms with Crippen LogP contribution in [-0.2, 0) is 0 Å². The molecule has 2 aliphatic rings. The van der Waals surface area contributed by atoms with Gasteiger partial charge in [0, 0.05) is 40.9 Å². The van der Waals surface area contributed by atoms with E-state index in [-0.39, 0.29) is 46.4 Å². The highest BCUT2D eigenvalue weighted by molar-refractivity contribution is 5.75. The number of aromatic hydroxyl groups is 1. The second-order valence-corrected chi connectivity index (χ2v) is 10.8. The number of fused-ring (bicyclic) bond motifs is 2. The van der Waals surface area contributed by atoms with E-state index in [9.17, 15) is 9.50 Å². The Morgan fingerprint density at radius 3 is 2.45 bits per heavy atom. The number of phenolic OH excluding ortho intramolecular Hbond substituents is 1. The molecule has 202 valence electrons. The van der Waals surface area contributed by atoms with Crippen LogP contribution in [0.25, 0.3) is 22.4 Å². The molecule has 1 aromatic carbocycles. The molecule has 0 saturated carbocycles. The first-order chi connectivity index (χ1) is 18.1. The van der Waals surface area contributed by atoms with Gasteiger partial charge in [-0.2, -0.15) is 5.10 Å². The van der Waals surface area contributed by atoms with Crippen molar-refractivity contribution in [3.8, 4) is 34.0 Å². The van der Waals surface area contributed by atoms with Crippen molar-refractivity contribution in [2.24, 2.45) is 0 Å². The Morgan fingerprint density at radius 2 is 1.82 bits per heavy atom. The van der Waals surface area contributed by atoms with Gasteiger partial charge in [-0.15, -0.1) is 15.3 Å². The largest absolute Gasteiger partial charge is 0.507 e. The third-order valence-electron chi connectivity index (χ3n) is 7.74. The van der Waals surface area contributed by atoms with Gasteiger partial charge in [-0.3, -0.25) is 0 Å². The first kappa shape index (κ1) is 26.1. The first-order valence-corrected chi connectivity index (χ1v) is 12.7. The quantitative estimate of drug-likeness (QED) is 0.451. The monoisotopic (exact) mass is 528 g/mol. The number of hydrogen-bond donors (Lipinski definition) is 2. The van der Waals surface area contributed by atoms with E-state index in [0.29, 0.717) is 5.82 Å². The second kappa shape index (κ2) is 10.0. The van der Waals surface area contributed by atoms with Crippen LogP contribution in [-0.4, -0.2) is 63.0 Å². The third-order valence-corrected chi connectivity index (χ3v) is 7.74. The van der Waals surface area contributed by atoms with Gasteiger partial charge in [0.15, 0.2) is 17.5 Å². The van der Waals surface area contributed by atoms with Crippen LogP contribution < -0.4 is 15.0 Å². The summed E-state index contributed by atoms with van der Waals surface area (Å²) in [5.74, 6) is -2.39. The number of methoxy groups -OCH3 is 1. The van der Waals surface area contributed by atoms with Crippen molar-refractivity contribution in [3.05, 3.63) is 42.1 Å². The van der Waals surface area contributed by atoms with E-state index >= 15 is 8.78 Å². The van der Waals surface area contributed by atoms with Gasteiger partial charge in [-0.25, -0.2) is 13.2 Å². The van der Waals surface area contributed by atoms with Crippen LogP contribution in [0.3, 0.4) is 0 Å². The van der Waals surface area contributed by atoms with Crippen molar-refractivity contribution in [3.63, 3.8) is 0 Å². The van der Waals surface area contributed by atoms with Crippen LogP contribution in [0.5, 0.6) is 11.6 Å². The van der Waals surface area contributed by atoms with Crippen molar-refractivity contribution in [1.29, 1.82) is 0 Å². The lowest BCUT2D eigenvalue weighted by molar-refractivity contribution is 0.0767. The Morgan fingerprint density at radius 1 is 1.08 bits per heavy atom. The van der Waals surface area contributed by atoms with E-state index in [0.717, 1.165) is 38.2 Å². The second-order valence-electron chi connectivity index (χ2n) is 10.8. The predicted molar refractivity (Wildman–Crippen MR) is 137 cm³/mol. The number of anilines is 1. The highest BCUT2D eigenvalue weighted by Crippen LogP contribution is 2.43. The number of alkyl halides is 1. The fraction of sp³-hybridized carbons (Fsp3) is 0.481. The summed E-state index contributed by atoms with van der Waals surface area (Å²) >= 11 is 0. The summed E-state index contributed by atoms with van der Waals surface area (Å²) in [6.45, 7) is 4.01. The molecular formula is C27H31F3N6O2. The molecule has 2 fully saturated rings. The Bertz CT molecular complexity index is 1310. The molecule has 0 radical (unpaired) electrons. The van der Waals surface area contributed by atoms with Crippen LogP contribution in [0.1, 0.15) is 46.0 Å². The van der Waals surface area contributed by atoms with E-state index in [1.165, 1.54) is 25.4 Å². The van der Waals surface area contributed by atoms with Crippen molar-refractivity contribution < 1.29 is 23.0 Å². The normalized spacial score (nSPS) is 24.7. The SMILES string of the molecule is COc1cc(-c2cc(O)c(-c3ccc(N(CCF)[C@H]4C[C@]5(C)CCC[C@](C)(C4)N5)nn3)c(F)c2F)cnn1. The van der Waals surface area contributed by atoms with E-state index in [4.69, 9.17) is 4.74 Å². The molecular weight excluding hydrogens is 497 g/mol. The van der Waals surface area contributed by atoms with Gasteiger partial charge >= 0.3 is 0 Å². The molecule has 3 atom stereocenters. The molecule has 11 heteroatoms. The van der Waals surface area contributed by atoms with Gasteiger partial charge in [-0.1, -0.05) is 0 Å². The maximum absolute atomic E-state index is 15.2. The number of halogens is 3. The number of rotatable bonds is 7. The maximum Gasteiger partial charge on any atom is 0.233 e. The molecule has 4 heterocycles. The maximum atomic E-state index is 15.2. The molecule has 2 aromatic heterocycles. The number of aromatic nitrogens is 4. The number of piperidine rings is 2. The number of nitrogens with zero attached hydrogens (tertiary/aromatic N) is 5. The highest BCUT2D eigenvalue weighted by Gasteiger charge is 2.47. The minimum Gasteiger partial charge on any atom is -0.507 e. The minimum atomic E-state index is -1.27. The Kier molecular flexibility index (Phi) is 6.89. The average molecular weight is 529 g/mol. The lowest BCUT2D eigenvalue weighted by atomic mass is 9.69. The van der Waals surface area contributed by atoms with Crippen molar-refractivity contribution in [1.82, 2.24) is 25.7 Å². The van der Waals surface area contributed by atoms with Gasteiger partial charge in [0.05, 0.1) is 24.6 Å². The van der Waals surface area contributed by atoms with Crippen LogP contribution >= 0.6 is 0 Å². The lowest BCUT2D eigenvalue weighted by Gasteiger charge is -2.55. The molecule has 2 aliphatic heterocycles. The summed E-state index contributed by atoms with van der Waals surface area (Å²) in [7, 11) is 1.37. The molecule has 0 aliphatic carbocycles. The fourth-order valence-corrected chi connectivity index (χ4v) is 6.21. The predicted octanol–water partition coefficient (Wildman–Crippen LogP) is 4.82. The average Bonchev–Trinajstić information content (AvgIpc) is 2.88. The minimum absolute atomic E-state index is 0.0408. The molecule has 2 N–H and O–H groups in total. The summed E-state index contributed by atoms with van der Waals surface area (Å²) in [6, 6.07) is 5.61. The van der Waals surface area contributed by atoms with Crippen LogP contribution in [0.15, 0.2) is 30.5 Å². The zero-order valence-corrected chi connectivity index (χ0v) is 21.6. The Balaban J connectivity index is 1.45. The summed E-state index contributed by atoms with van der Waals surface area (Å²) in [6.07, 6.45) is 6.17. The molecule has 0 spiro atoms. The topological polar surface area (TPSA) is 96.3 Å². The van der Waals surface area contributed by atoms with Gasteiger partial charge in [0.1, 0.15) is 12.4 Å². The first-order valence-electron chi connectivity index (χ1n) is 12.7. The smallest absolute Gasteiger partial charge is 0.233 e. The number of benzene rings is 1. The van der Waals surface area contributed by atoms with E-state index in [1.807, 2.05) is 4.90 Å². The summed E-state index contributed by atoms with van der Waals surface area (Å²) in [5.41, 5.74) is -0.545. The Labute approximate surface area is 219 Å². The van der Waals surface area contributed by atoms with Crippen molar-refractivity contribution >= 4 is 5.82 Å². The third kappa shape index (κ3) is 4.87. The van der Waals surface area contributed by atoms with Gasteiger partial charge < -0.3 is 20.1 Å². The highest BCUT2D eigenvalue weighted by atomic mass is 19.2. The number of phenols is 1. The molecule has 2 bridgehead atoms. The zero-order valence-electron chi connectivity index (χ0n) is 21.6. The van der Waals surface area contributed by atoms with Crippen molar-refractivity contribution in [2.45, 2.75) is 63.1 Å². The number of nitrogens with one attached hydrogen (secondary N) is 1. The summed E-state index contributed by atoms with van der Waals surface area (Å²) in [4.78, 5) is 1.92. The molecule has 8 nitrogen and oxygen atoms in total. The zero-order chi connectivity index (χ0) is 27.1. The van der Waals surface area contributed by atoms with Crippen molar-refractivity contribution in [2.75, 3.05) is 25.2 Å². The molecule has 0 unspecified atom stereocenters. The standard InChI is InChI=1S/C27H31F3N6O2/c1-26-7-4-8-27(2,35-26)14-17(13-26)36(10-9-28)21-6-5-19(32-33-21)23-20(37)12-18(24(29)25(23)30)16-11-22(38-3)34-31-15-16/h5-6,11-12,15,17,35,37H,4,7-10,13-14H2,1-3H3/t17-,26-,27+. The lowest BCUT2D eigenvalue weighted by Crippen LogP contribution is -2.67. The molecule has 5 rings (SSSR count). The van der Waals surface area contributed by atoms with Crippen LogP contribution in [0, 0.1) is 11.6 Å². The number of ether oxygens (including phenoxy) is 1. The van der Waals surface area contributed by atoms with E-state index < -0.39 is 29.6 Å². The number of hydrogen-bond acceptors (Lipinski definition) is 8. The molecule has 0 amide bonds. The Hall–Kier alpha value is -3.47. The van der Waals surface area contributed by atoms with Crippen LogP contribution in [0.4, 0.5) is 19.0 Å². The van der Waals surface area contributed by atoms with Crippen LogP contribution in [0.2, 0.25) is 0 Å². The molecule has 2 saturated heterocycles. The summed E-state index contributed by atoms with van der Waals surface area (Å²) in [5, 5.41) is 30.2.